The molecule has 0 atom stereocenters. The second kappa shape index (κ2) is 6.70. The average molecular weight is 235 g/mol. The molecule has 0 unspecified atom stereocenters. The molecule has 92 valence electrons. The Bertz CT molecular complexity index is 382. The maximum atomic E-state index is 11.3. The highest BCUT2D eigenvalue weighted by Gasteiger charge is 1.97. The molecule has 0 saturated carbocycles. The summed E-state index contributed by atoms with van der Waals surface area (Å²) in [6, 6.07) is 6.56. The van der Waals surface area contributed by atoms with Gasteiger partial charge in [-0.05, 0) is 29.7 Å². The van der Waals surface area contributed by atoms with Crippen LogP contribution < -0.4 is 5.48 Å². The van der Waals surface area contributed by atoms with E-state index < -0.39 is 0 Å². The largest absolute Gasteiger partial charge is 0.508 e. The minimum absolute atomic E-state index is 0.201. The Morgan fingerprint density at radius 2 is 2.06 bits per heavy atom. The molecule has 0 aliphatic carbocycles. The first-order chi connectivity index (χ1) is 8.08. The molecule has 0 aliphatic heterocycles. The maximum absolute atomic E-state index is 11.3. The van der Waals surface area contributed by atoms with Crippen molar-refractivity contribution >= 4 is 12.0 Å². The summed E-state index contributed by atoms with van der Waals surface area (Å²) >= 11 is 0. The molecule has 1 rings (SSSR count). The van der Waals surface area contributed by atoms with E-state index in [1.54, 1.807) is 30.3 Å². The van der Waals surface area contributed by atoms with Crippen LogP contribution in [0.2, 0.25) is 0 Å². The Labute approximate surface area is 101 Å². The lowest BCUT2D eigenvalue weighted by atomic mass is 10.2. The lowest BCUT2D eigenvalue weighted by Gasteiger charge is -2.05. The smallest absolute Gasteiger partial charge is 0.267 e. The van der Waals surface area contributed by atoms with Crippen molar-refractivity contribution in [3.8, 4) is 5.75 Å². The molecule has 1 aromatic carbocycles. The molecular formula is C13H17NO3. The Balaban J connectivity index is 2.37. The molecule has 17 heavy (non-hydrogen) atoms. The second-order valence-corrected chi connectivity index (χ2v) is 4.10. The van der Waals surface area contributed by atoms with Crippen LogP contribution in [0.15, 0.2) is 30.3 Å². The number of carbonyl (C=O) groups is 1. The van der Waals surface area contributed by atoms with Crippen LogP contribution in [0.1, 0.15) is 19.4 Å². The monoisotopic (exact) mass is 235 g/mol. The zero-order valence-electron chi connectivity index (χ0n) is 10.0. The number of aromatic hydroxyl groups is 1. The van der Waals surface area contributed by atoms with Crippen molar-refractivity contribution in [1.82, 2.24) is 5.48 Å². The fourth-order valence-electron chi connectivity index (χ4n) is 1.07. The van der Waals surface area contributed by atoms with E-state index in [4.69, 9.17) is 9.94 Å². The van der Waals surface area contributed by atoms with E-state index in [0.29, 0.717) is 12.5 Å². The Kier molecular flexibility index (Phi) is 5.23. The number of amides is 1. The van der Waals surface area contributed by atoms with Crippen molar-refractivity contribution in [1.29, 1.82) is 0 Å². The molecule has 1 aromatic rings. The first-order valence-corrected chi connectivity index (χ1v) is 5.47. The predicted molar refractivity (Wildman–Crippen MR) is 66.1 cm³/mol. The molecule has 0 radical (unpaired) electrons. The van der Waals surface area contributed by atoms with E-state index >= 15 is 0 Å². The number of benzene rings is 1. The van der Waals surface area contributed by atoms with Crippen LogP contribution in [-0.2, 0) is 9.63 Å². The Morgan fingerprint density at radius 3 is 2.65 bits per heavy atom. The lowest BCUT2D eigenvalue weighted by Crippen LogP contribution is -2.23. The third kappa shape index (κ3) is 5.73. The summed E-state index contributed by atoms with van der Waals surface area (Å²) in [4.78, 5) is 16.3. The summed E-state index contributed by atoms with van der Waals surface area (Å²) in [6.45, 7) is 4.48. The number of phenolic OH excluding ortho intramolecular Hbond substituents is 1. The zero-order valence-corrected chi connectivity index (χ0v) is 10.0. The molecule has 0 aliphatic rings. The normalized spacial score (nSPS) is 11.0. The van der Waals surface area contributed by atoms with Crippen molar-refractivity contribution < 1.29 is 14.7 Å². The summed E-state index contributed by atoms with van der Waals surface area (Å²) in [5.41, 5.74) is 3.16. The van der Waals surface area contributed by atoms with Gasteiger partial charge >= 0.3 is 0 Å². The van der Waals surface area contributed by atoms with Gasteiger partial charge in [0.25, 0.3) is 5.91 Å². The SMILES string of the molecule is CC(C)CONC(=O)/C=C/c1ccc(O)cc1. The fraction of sp³-hybridized carbons (Fsp3) is 0.308. The minimum atomic E-state index is -0.307. The molecular weight excluding hydrogens is 218 g/mol. The molecule has 4 heteroatoms. The molecule has 0 heterocycles. The highest BCUT2D eigenvalue weighted by molar-refractivity contribution is 5.90. The van der Waals surface area contributed by atoms with Gasteiger partial charge in [0.15, 0.2) is 0 Å². The van der Waals surface area contributed by atoms with Crippen LogP contribution in [0, 0.1) is 5.92 Å². The summed E-state index contributed by atoms with van der Waals surface area (Å²) < 4.78 is 0. The van der Waals surface area contributed by atoms with Gasteiger partial charge in [0, 0.05) is 6.08 Å². The van der Waals surface area contributed by atoms with Gasteiger partial charge in [0.05, 0.1) is 6.61 Å². The summed E-state index contributed by atoms with van der Waals surface area (Å²) in [6.07, 6.45) is 3.03. The lowest BCUT2D eigenvalue weighted by molar-refractivity contribution is -0.129. The Hall–Kier alpha value is -1.81. The van der Waals surface area contributed by atoms with E-state index in [1.807, 2.05) is 13.8 Å². The highest BCUT2D eigenvalue weighted by Crippen LogP contribution is 2.10. The molecule has 4 nitrogen and oxygen atoms in total. The van der Waals surface area contributed by atoms with Gasteiger partial charge < -0.3 is 5.11 Å². The standard InChI is InChI=1S/C13H17NO3/c1-10(2)9-17-14-13(16)8-5-11-3-6-12(15)7-4-11/h3-8,10,15H,9H2,1-2H3,(H,14,16)/b8-5+. The number of hydrogen-bond acceptors (Lipinski definition) is 3. The van der Waals surface area contributed by atoms with Gasteiger partial charge in [-0.3, -0.25) is 9.63 Å². The predicted octanol–water partition coefficient (Wildman–Crippen LogP) is 2.11. The zero-order chi connectivity index (χ0) is 12.7. The van der Waals surface area contributed by atoms with Crippen LogP contribution >= 0.6 is 0 Å². The van der Waals surface area contributed by atoms with E-state index in [2.05, 4.69) is 5.48 Å². The summed E-state index contributed by atoms with van der Waals surface area (Å²) in [5.74, 6) is 0.266. The van der Waals surface area contributed by atoms with Crippen molar-refractivity contribution in [2.45, 2.75) is 13.8 Å². The molecule has 1 amide bonds. The van der Waals surface area contributed by atoms with E-state index in [1.165, 1.54) is 6.08 Å². The molecule has 0 saturated heterocycles. The van der Waals surface area contributed by atoms with Crippen molar-refractivity contribution in [2.75, 3.05) is 6.61 Å². The minimum Gasteiger partial charge on any atom is -0.508 e. The van der Waals surface area contributed by atoms with Crippen molar-refractivity contribution in [2.24, 2.45) is 5.92 Å². The van der Waals surface area contributed by atoms with Crippen LogP contribution in [0.4, 0.5) is 0 Å². The van der Waals surface area contributed by atoms with Gasteiger partial charge in [-0.1, -0.05) is 26.0 Å². The van der Waals surface area contributed by atoms with Gasteiger partial charge in [0.2, 0.25) is 0 Å². The fourth-order valence-corrected chi connectivity index (χ4v) is 1.07. The second-order valence-electron chi connectivity index (χ2n) is 4.10. The van der Waals surface area contributed by atoms with Crippen molar-refractivity contribution in [3.05, 3.63) is 35.9 Å². The molecule has 0 fully saturated rings. The van der Waals surface area contributed by atoms with Gasteiger partial charge in [-0.25, -0.2) is 5.48 Å². The average Bonchev–Trinajstić information content (AvgIpc) is 2.28. The van der Waals surface area contributed by atoms with Crippen molar-refractivity contribution in [3.63, 3.8) is 0 Å². The topological polar surface area (TPSA) is 58.6 Å². The van der Waals surface area contributed by atoms with E-state index in [-0.39, 0.29) is 11.7 Å². The summed E-state index contributed by atoms with van der Waals surface area (Å²) in [5, 5.41) is 9.08. The number of hydroxylamine groups is 1. The quantitative estimate of drug-likeness (QED) is 0.607. The first kappa shape index (κ1) is 13.3. The van der Waals surface area contributed by atoms with Gasteiger partial charge in [-0.15, -0.1) is 0 Å². The number of carbonyl (C=O) groups excluding carboxylic acids is 1. The third-order valence-electron chi connectivity index (χ3n) is 1.91. The molecule has 0 spiro atoms. The number of rotatable bonds is 5. The molecule has 0 bridgehead atoms. The first-order valence-electron chi connectivity index (χ1n) is 5.47. The highest BCUT2D eigenvalue weighted by atomic mass is 16.6. The van der Waals surface area contributed by atoms with E-state index in [0.717, 1.165) is 5.56 Å². The van der Waals surface area contributed by atoms with Crippen LogP contribution in [0.5, 0.6) is 5.75 Å². The third-order valence-corrected chi connectivity index (χ3v) is 1.91. The maximum Gasteiger partial charge on any atom is 0.267 e. The van der Waals surface area contributed by atoms with Crippen LogP contribution in [0.25, 0.3) is 6.08 Å². The van der Waals surface area contributed by atoms with Gasteiger partial charge in [-0.2, -0.15) is 0 Å². The van der Waals surface area contributed by atoms with Crippen LogP contribution in [0.3, 0.4) is 0 Å². The molecule has 0 aromatic heterocycles. The Morgan fingerprint density at radius 1 is 1.41 bits per heavy atom. The van der Waals surface area contributed by atoms with E-state index in [9.17, 15) is 4.79 Å². The van der Waals surface area contributed by atoms with Gasteiger partial charge in [0.1, 0.15) is 5.75 Å². The summed E-state index contributed by atoms with van der Waals surface area (Å²) in [7, 11) is 0. The van der Waals surface area contributed by atoms with Crippen LogP contribution in [-0.4, -0.2) is 17.6 Å². The number of phenols is 1. The number of hydrogen-bond donors (Lipinski definition) is 2. The number of nitrogens with one attached hydrogen (secondary N) is 1. The molecule has 2 N–H and O–H groups in total.